The minimum absolute atomic E-state index is 0.0470. The molecule has 1 aliphatic rings. The summed E-state index contributed by atoms with van der Waals surface area (Å²) in [6.45, 7) is 0.0470. The van der Waals surface area contributed by atoms with E-state index in [1.807, 2.05) is 0 Å². The van der Waals surface area contributed by atoms with Crippen LogP contribution in [-0.2, 0) is 10.0 Å². The summed E-state index contributed by atoms with van der Waals surface area (Å²) in [5, 5.41) is -0.289. The zero-order valence-electron chi connectivity index (χ0n) is 9.37. The Morgan fingerprint density at radius 2 is 2.06 bits per heavy atom. The van der Waals surface area contributed by atoms with Crippen molar-refractivity contribution >= 4 is 21.6 Å². The van der Waals surface area contributed by atoms with E-state index in [1.165, 1.54) is 0 Å². The minimum atomic E-state index is -3.98. The number of sulfonamides is 1. The maximum atomic E-state index is 13.3. The minimum Gasteiger partial charge on any atom is -0.210 e. The summed E-state index contributed by atoms with van der Waals surface area (Å²) >= 11 is 5.96. The zero-order chi connectivity index (χ0) is 13.3. The fourth-order valence-corrected chi connectivity index (χ4v) is 3.12. The fraction of sp³-hybridized carbons (Fsp3) is 0.455. The standard InChI is InChI=1S/C11H12ClF2NO2S/c12-9(7-1-2-7)6-15-18(16,17)11-4-3-8(13)5-10(11)14/h3-5,7,9,15H,1-2,6H2. The van der Waals surface area contributed by atoms with Crippen LogP contribution in [0.1, 0.15) is 12.8 Å². The second-order valence-electron chi connectivity index (χ2n) is 4.28. The van der Waals surface area contributed by atoms with Gasteiger partial charge in [-0.3, -0.25) is 0 Å². The molecule has 2 rings (SSSR count). The number of halogens is 3. The Morgan fingerprint density at radius 3 is 2.61 bits per heavy atom. The van der Waals surface area contributed by atoms with E-state index in [0.29, 0.717) is 12.0 Å². The van der Waals surface area contributed by atoms with Gasteiger partial charge in [0.05, 0.1) is 0 Å². The van der Waals surface area contributed by atoms with Crippen molar-refractivity contribution in [2.75, 3.05) is 6.54 Å². The van der Waals surface area contributed by atoms with Crippen molar-refractivity contribution in [2.24, 2.45) is 5.92 Å². The molecule has 0 saturated heterocycles. The molecule has 0 radical (unpaired) electrons. The van der Waals surface area contributed by atoms with Gasteiger partial charge in [0.1, 0.15) is 16.5 Å². The highest BCUT2D eigenvalue weighted by Gasteiger charge is 2.31. The van der Waals surface area contributed by atoms with Gasteiger partial charge in [-0.1, -0.05) is 0 Å². The molecule has 1 N–H and O–H groups in total. The molecule has 1 unspecified atom stereocenters. The molecule has 1 fully saturated rings. The lowest BCUT2D eigenvalue weighted by atomic mass is 10.3. The highest BCUT2D eigenvalue weighted by atomic mass is 35.5. The molecular formula is C11H12ClF2NO2S. The SMILES string of the molecule is O=S(=O)(NCC(Cl)C1CC1)c1ccc(F)cc1F. The van der Waals surface area contributed by atoms with E-state index in [9.17, 15) is 17.2 Å². The molecule has 100 valence electrons. The van der Waals surface area contributed by atoms with Crippen LogP contribution in [0, 0.1) is 17.6 Å². The second kappa shape index (κ2) is 5.11. The van der Waals surface area contributed by atoms with Gasteiger partial charge in [0, 0.05) is 18.0 Å². The summed E-state index contributed by atoms with van der Waals surface area (Å²) < 4.78 is 51.8. The molecule has 1 aromatic carbocycles. The van der Waals surface area contributed by atoms with E-state index >= 15 is 0 Å². The number of alkyl halides is 1. The summed E-state index contributed by atoms with van der Waals surface area (Å²) in [6, 6.07) is 2.33. The average Bonchev–Trinajstić information content (AvgIpc) is 3.09. The molecule has 3 nitrogen and oxygen atoms in total. The van der Waals surface area contributed by atoms with Crippen LogP contribution in [0.5, 0.6) is 0 Å². The van der Waals surface area contributed by atoms with Crippen molar-refractivity contribution in [3.63, 3.8) is 0 Å². The monoisotopic (exact) mass is 295 g/mol. The Labute approximate surface area is 109 Å². The molecule has 7 heteroatoms. The quantitative estimate of drug-likeness (QED) is 0.847. The van der Waals surface area contributed by atoms with Crippen LogP contribution in [0.15, 0.2) is 23.1 Å². The predicted molar refractivity (Wildman–Crippen MR) is 63.9 cm³/mol. The molecule has 0 bridgehead atoms. The van der Waals surface area contributed by atoms with Crippen molar-refractivity contribution in [3.8, 4) is 0 Å². The molecule has 1 aromatic rings. The lowest BCUT2D eigenvalue weighted by molar-refractivity contribution is 0.541. The van der Waals surface area contributed by atoms with Crippen LogP contribution < -0.4 is 4.72 Å². The normalized spacial score (nSPS) is 17.7. The van der Waals surface area contributed by atoms with Gasteiger partial charge in [-0.25, -0.2) is 21.9 Å². The first-order valence-electron chi connectivity index (χ1n) is 5.49. The maximum Gasteiger partial charge on any atom is 0.243 e. The molecule has 0 spiro atoms. The van der Waals surface area contributed by atoms with Crippen LogP contribution in [-0.4, -0.2) is 20.3 Å². The molecule has 0 aliphatic heterocycles. The zero-order valence-corrected chi connectivity index (χ0v) is 10.9. The Kier molecular flexibility index (Phi) is 3.89. The topological polar surface area (TPSA) is 46.2 Å². The van der Waals surface area contributed by atoms with E-state index in [2.05, 4.69) is 4.72 Å². The summed E-state index contributed by atoms with van der Waals surface area (Å²) in [7, 11) is -3.98. The molecule has 18 heavy (non-hydrogen) atoms. The highest BCUT2D eigenvalue weighted by molar-refractivity contribution is 7.89. The smallest absolute Gasteiger partial charge is 0.210 e. The van der Waals surface area contributed by atoms with Gasteiger partial charge >= 0.3 is 0 Å². The Balaban J connectivity index is 2.09. The summed E-state index contributed by atoms with van der Waals surface area (Å²) in [5.41, 5.74) is 0. The Bertz CT molecular complexity index is 546. The fourth-order valence-electron chi connectivity index (χ4n) is 1.58. The van der Waals surface area contributed by atoms with Gasteiger partial charge in [0.2, 0.25) is 10.0 Å². The molecule has 1 aliphatic carbocycles. The predicted octanol–water partition coefficient (Wildman–Crippen LogP) is 2.26. The van der Waals surface area contributed by atoms with Crippen molar-refractivity contribution in [1.82, 2.24) is 4.72 Å². The van der Waals surface area contributed by atoms with Crippen molar-refractivity contribution in [3.05, 3.63) is 29.8 Å². The summed E-state index contributed by atoms with van der Waals surface area (Å²) in [5.74, 6) is -1.60. The molecule has 0 amide bonds. The second-order valence-corrected chi connectivity index (χ2v) is 6.58. The Hall–Kier alpha value is -0.720. The van der Waals surface area contributed by atoms with Crippen LogP contribution in [0.25, 0.3) is 0 Å². The van der Waals surface area contributed by atoms with Crippen molar-refractivity contribution in [1.29, 1.82) is 0 Å². The van der Waals surface area contributed by atoms with E-state index in [0.717, 1.165) is 25.0 Å². The van der Waals surface area contributed by atoms with Gasteiger partial charge in [-0.2, -0.15) is 0 Å². The lowest BCUT2D eigenvalue weighted by Gasteiger charge is -2.11. The van der Waals surface area contributed by atoms with E-state index in [1.54, 1.807) is 0 Å². The summed E-state index contributed by atoms with van der Waals surface area (Å²) in [4.78, 5) is -0.566. The highest BCUT2D eigenvalue weighted by Crippen LogP contribution is 2.35. The van der Waals surface area contributed by atoms with Gasteiger partial charge < -0.3 is 0 Å². The molecular weight excluding hydrogens is 284 g/mol. The third kappa shape index (κ3) is 3.18. The van der Waals surface area contributed by atoms with Crippen molar-refractivity contribution in [2.45, 2.75) is 23.1 Å². The number of hydrogen-bond acceptors (Lipinski definition) is 2. The molecule has 0 aromatic heterocycles. The van der Waals surface area contributed by atoms with Crippen molar-refractivity contribution < 1.29 is 17.2 Å². The third-order valence-electron chi connectivity index (χ3n) is 2.79. The maximum absolute atomic E-state index is 13.3. The number of nitrogens with one attached hydrogen (secondary N) is 1. The lowest BCUT2D eigenvalue weighted by Crippen LogP contribution is -2.31. The number of hydrogen-bond donors (Lipinski definition) is 1. The first-order chi connectivity index (χ1) is 8.40. The Morgan fingerprint density at radius 1 is 1.39 bits per heavy atom. The molecule has 1 saturated carbocycles. The summed E-state index contributed by atoms with van der Waals surface area (Å²) in [6.07, 6.45) is 1.97. The number of benzene rings is 1. The third-order valence-corrected chi connectivity index (χ3v) is 4.75. The van der Waals surface area contributed by atoms with Gasteiger partial charge in [0.15, 0.2) is 0 Å². The first kappa shape index (κ1) is 13.7. The van der Waals surface area contributed by atoms with Gasteiger partial charge in [0.25, 0.3) is 0 Å². The van der Waals surface area contributed by atoms with Gasteiger partial charge in [-0.05, 0) is 30.9 Å². The average molecular weight is 296 g/mol. The van der Waals surface area contributed by atoms with E-state index in [-0.39, 0.29) is 11.9 Å². The van der Waals surface area contributed by atoms with E-state index < -0.39 is 26.6 Å². The number of rotatable bonds is 5. The first-order valence-corrected chi connectivity index (χ1v) is 7.41. The largest absolute Gasteiger partial charge is 0.243 e. The van der Waals surface area contributed by atoms with Crippen LogP contribution in [0.4, 0.5) is 8.78 Å². The van der Waals surface area contributed by atoms with Crippen LogP contribution >= 0.6 is 11.6 Å². The van der Waals surface area contributed by atoms with E-state index in [4.69, 9.17) is 11.6 Å². The van der Waals surface area contributed by atoms with Gasteiger partial charge in [-0.15, -0.1) is 11.6 Å². The molecule has 0 heterocycles. The van der Waals surface area contributed by atoms with Crippen LogP contribution in [0.3, 0.4) is 0 Å². The molecule has 1 atom stereocenters. The van der Waals surface area contributed by atoms with Crippen LogP contribution in [0.2, 0.25) is 0 Å².